The van der Waals surface area contributed by atoms with E-state index in [1.165, 1.54) is 12.8 Å². The van der Waals surface area contributed by atoms with Gasteiger partial charge in [-0.2, -0.15) is 0 Å². The Bertz CT molecular complexity index is 500. The van der Waals surface area contributed by atoms with Crippen molar-refractivity contribution in [2.45, 2.75) is 45.6 Å². The molecule has 0 bridgehead atoms. The average Bonchev–Trinajstić information content (AvgIpc) is 2.96. The zero-order valence-corrected chi connectivity index (χ0v) is 13.5. The van der Waals surface area contributed by atoms with Crippen molar-refractivity contribution in [1.29, 1.82) is 0 Å². The van der Waals surface area contributed by atoms with Crippen LogP contribution in [0.5, 0.6) is 0 Å². The Kier molecular flexibility index (Phi) is 5.08. The average molecular weight is 285 g/mol. The fraction of sp³-hybridized carbons (Fsp3) is 0.579. The van der Waals surface area contributed by atoms with Crippen LogP contribution in [0.2, 0.25) is 0 Å². The second-order valence-corrected chi connectivity index (χ2v) is 6.99. The number of hydrogen-bond acceptors (Lipinski definition) is 2. The van der Waals surface area contributed by atoms with Crippen molar-refractivity contribution in [3.63, 3.8) is 0 Å². The molecule has 0 radical (unpaired) electrons. The van der Waals surface area contributed by atoms with Crippen molar-refractivity contribution < 1.29 is 5.11 Å². The van der Waals surface area contributed by atoms with Crippen LogP contribution in [0.15, 0.2) is 30.3 Å². The molecule has 1 aromatic carbocycles. The lowest BCUT2D eigenvalue weighted by atomic mass is 9.70. The summed E-state index contributed by atoms with van der Waals surface area (Å²) in [5.41, 5.74) is -0.212. The minimum absolute atomic E-state index is 0.253. The molecule has 1 aliphatic rings. The summed E-state index contributed by atoms with van der Waals surface area (Å²) in [6.07, 6.45) is 3.06. The monoisotopic (exact) mass is 285 g/mol. The van der Waals surface area contributed by atoms with Crippen LogP contribution in [-0.2, 0) is 5.60 Å². The maximum atomic E-state index is 11.2. The van der Waals surface area contributed by atoms with Gasteiger partial charge in [0.1, 0.15) is 5.60 Å². The van der Waals surface area contributed by atoms with Crippen LogP contribution in [0.25, 0.3) is 0 Å². The first-order valence-electron chi connectivity index (χ1n) is 7.89. The summed E-state index contributed by atoms with van der Waals surface area (Å²) in [6, 6.07) is 9.92. The molecule has 1 heterocycles. The van der Waals surface area contributed by atoms with Crippen LogP contribution in [0.3, 0.4) is 0 Å². The highest BCUT2D eigenvalue weighted by Crippen LogP contribution is 2.41. The second-order valence-electron chi connectivity index (χ2n) is 6.99. The molecule has 1 atom stereocenters. The van der Waals surface area contributed by atoms with E-state index in [0.717, 1.165) is 25.2 Å². The molecule has 0 spiro atoms. The summed E-state index contributed by atoms with van der Waals surface area (Å²) in [5.74, 6) is 6.46. The molecule has 1 saturated heterocycles. The third kappa shape index (κ3) is 3.87. The highest BCUT2D eigenvalue weighted by Gasteiger charge is 2.40. The fourth-order valence-electron chi connectivity index (χ4n) is 2.81. The van der Waals surface area contributed by atoms with Crippen LogP contribution >= 0.6 is 0 Å². The highest BCUT2D eigenvalue weighted by molar-refractivity contribution is 5.27. The molecule has 1 aliphatic heterocycles. The summed E-state index contributed by atoms with van der Waals surface area (Å²) in [4.78, 5) is 2.38. The zero-order valence-electron chi connectivity index (χ0n) is 13.5. The quantitative estimate of drug-likeness (QED) is 0.860. The van der Waals surface area contributed by atoms with E-state index < -0.39 is 5.60 Å². The van der Waals surface area contributed by atoms with Gasteiger partial charge in [-0.3, -0.25) is 4.90 Å². The van der Waals surface area contributed by atoms with Gasteiger partial charge in [-0.25, -0.2) is 0 Å². The third-order valence-electron chi connectivity index (χ3n) is 4.46. The highest BCUT2D eigenvalue weighted by atomic mass is 16.3. The molecule has 2 rings (SSSR count). The maximum absolute atomic E-state index is 11.2. The Labute approximate surface area is 129 Å². The Morgan fingerprint density at radius 3 is 2.24 bits per heavy atom. The van der Waals surface area contributed by atoms with Gasteiger partial charge < -0.3 is 5.11 Å². The normalized spacial score (nSPS) is 18.9. The molecule has 1 fully saturated rings. The second kappa shape index (κ2) is 6.64. The summed E-state index contributed by atoms with van der Waals surface area (Å²) < 4.78 is 0. The molecule has 1 N–H and O–H groups in total. The molecule has 0 amide bonds. The van der Waals surface area contributed by atoms with Crippen LogP contribution in [0.4, 0.5) is 0 Å². The number of hydrogen-bond donors (Lipinski definition) is 1. The number of rotatable bonds is 3. The minimum atomic E-state index is -0.910. The summed E-state index contributed by atoms with van der Waals surface area (Å²) in [5, 5.41) is 11.2. The van der Waals surface area contributed by atoms with E-state index in [4.69, 9.17) is 0 Å². The smallest absolute Gasteiger partial charge is 0.105 e. The molecule has 2 heteroatoms. The van der Waals surface area contributed by atoms with Gasteiger partial charge in [0.25, 0.3) is 0 Å². The van der Waals surface area contributed by atoms with Gasteiger partial charge >= 0.3 is 0 Å². The predicted molar refractivity (Wildman–Crippen MR) is 87.9 cm³/mol. The van der Waals surface area contributed by atoms with Crippen LogP contribution < -0.4 is 0 Å². The lowest BCUT2D eigenvalue weighted by molar-refractivity contribution is -0.0598. The van der Waals surface area contributed by atoms with Crippen molar-refractivity contribution >= 4 is 0 Å². The van der Waals surface area contributed by atoms with Gasteiger partial charge in [0.2, 0.25) is 0 Å². The van der Waals surface area contributed by atoms with E-state index >= 15 is 0 Å². The SMILES string of the molecule is CC(C)(C)[C@@](O)(CC#CCN1CCCC1)c1ccccc1. The molecule has 1 aromatic rings. The third-order valence-corrected chi connectivity index (χ3v) is 4.46. The molecule has 114 valence electrons. The van der Waals surface area contributed by atoms with E-state index in [1.54, 1.807) is 0 Å². The van der Waals surface area contributed by atoms with E-state index in [-0.39, 0.29) is 5.41 Å². The molecule has 2 nitrogen and oxygen atoms in total. The van der Waals surface area contributed by atoms with E-state index in [2.05, 4.69) is 37.5 Å². The first kappa shape index (κ1) is 16.1. The lowest BCUT2D eigenvalue weighted by Crippen LogP contribution is -2.39. The summed E-state index contributed by atoms with van der Waals surface area (Å²) >= 11 is 0. The number of aliphatic hydroxyl groups is 1. The molecule has 21 heavy (non-hydrogen) atoms. The molecule has 0 aliphatic carbocycles. The van der Waals surface area contributed by atoms with E-state index in [0.29, 0.717) is 6.42 Å². The Balaban J connectivity index is 2.09. The first-order chi connectivity index (χ1) is 9.93. The topological polar surface area (TPSA) is 23.5 Å². The van der Waals surface area contributed by atoms with Gasteiger partial charge in [-0.15, -0.1) is 0 Å². The maximum Gasteiger partial charge on any atom is 0.105 e. The Hall–Kier alpha value is -1.30. The molecule has 0 unspecified atom stereocenters. The van der Waals surface area contributed by atoms with Crippen LogP contribution in [0, 0.1) is 17.3 Å². The van der Waals surface area contributed by atoms with Crippen molar-refractivity contribution in [2.75, 3.05) is 19.6 Å². The van der Waals surface area contributed by atoms with Gasteiger partial charge in [-0.05, 0) is 36.9 Å². The Morgan fingerprint density at radius 1 is 1.05 bits per heavy atom. The van der Waals surface area contributed by atoms with Gasteiger partial charge in [0.05, 0.1) is 6.54 Å². The number of likely N-dealkylation sites (tertiary alicyclic amines) is 1. The standard InChI is InChI=1S/C19H27NO/c1-18(2,3)19(21,17-11-5-4-6-12-17)13-7-8-14-20-15-9-10-16-20/h4-6,11-12,21H,9-10,13-16H2,1-3H3/t19-/m1/s1. The lowest BCUT2D eigenvalue weighted by Gasteiger charge is -2.39. The molecular formula is C19H27NO. The summed E-state index contributed by atoms with van der Waals surface area (Å²) in [7, 11) is 0. The zero-order chi connectivity index (χ0) is 15.3. The molecular weight excluding hydrogens is 258 g/mol. The van der Waals surface area contributed by atoms with Crippen LogP contribution in [-0.4, -0.2) is 29.6 Å². The number of benzene rings is 1. The largest absolute Gasteiger partial charge is 0.384 e. The van der Waals surface area contributed by atoms with Crippen LogP contribution in [0.1, 0.15) is 45.6 Å². The van der Waals surface area contributed by atoms with Gasteiger partial charge in [0, 0.05) is 6.42 Å². The van der Waals surface area contributed by atoms with Crippen molar-refractivity contribution in [3.05, 3.63) is 35.9 Å². The first-order valence-corrected chi connectivity index (χ1v) is 7.89. The summed E-state index contributed by atoms with van der Waals surface area (Å²) in [6.45, 7) is 9.37. The predicted octanol–water partition coefficient (Wildman–Crippen LogP) is 3.41. The van der Waals surface area contributed by atoms with Gasteiger partial charge in [0.15, 0.2) is 0 Å². The minimum Gasteiger partial charge on any atom is -0.384 e. The molecule has 0 saturated carbocycles. The van der Waals surface area contributed by atoms with Gasteiger partial charge in [-0.1, -0.05) is 62.9 Å². The van der Waals surface area contributed by atoms with Crippen molar-refractivity contribution in [2.24, 2.45) is 5.41 Å². The number of nitrogens with zero attached hydrogens (tertiary/aromatic N) is 1. The Morgan fingerprint density at radius 2 is 1.67 bits per heavy atom. The fourth-order valence-corrected chi connectivity index (χ4v) is 2.81. The van der Waals surface area contributed by atoms with E-state index in [1.807, 2.05) is 30.3 Å². The van der Waals surface area contributed by atoms with E-state index in [9.17, 15) is 5.11 Å². The van der Waals surface area contributed by atoms with Crippen molar-refractivity contribution in [1.82, 2.24) is 4.90 Å². The molecule has 0 aromatic heterocycles. The van der Waals surface area contributed by atoms with Crippen molar-refractivity contribution in [3.8, 4) is 11.8 Å².